The van der Waals surface area contributed by atoms with Gasteiger partial charge in [-0.1, -0.05) is 31.5 Å². The van der Waals surface area contributed by atoms with Gasteiger partial charge in [0.1, 0.15) is 5.82 Å². The smallest absolute Gasteiger partial charge is 0.227 e. The Balaban J connectivity index is 1.71. The van der Waals surface area contributed by atoms with Gasteiger partial charge in [-0.05, 0) is 49.4 Å². The highest BCUT2D eigenvalue weighted by molar-refractivity contribution is 6.30. The summed E-state index contributed by atoms with van der Waals surface area (Å²) in [5, 5.41) is 10.7. The number of rotatable bonds is 9. The maximum absolute atomic E-state index is 6.05. The summed E-state index contributed by atoms with van der Waals surface area (Å²) in [5.41, 5.74) is 2.58. The predicted octanol–water partition coefficient (Wildman–Crippen LogP) is 4.74. The van der Waals surface area contributed by atoms with E-state index in [1.165, 1.54) is 0 Å². The highest BCUT2D eigenvalue weighted by atomic mass is 35.5. The monoisotopic (exact) mass is 396 g/mol. The largest absolute Gasteiger partial charge is 0.369 e. The van der Waals surface area contributed by atoms with Crippen LogP contribution in [0.5, 0.6) is 0 Å². The van der Waals surface area contributed by atoms with E-state index in [0.29, 0.717) is 17.0 Å². The molecule has 0 aliphatic heterocycles. The Kier molecular flexibility index (Phi) is 7.17. The molecule has 7 heteroatoms. The Morgan fingerprint density at radius 2 is 1.89 bits per heavy atom. The number of pyridine rings is 1. The van der Waals surface area contributed by atoms with E-state index in [1.54, 1.807) is 12.4 Å². The minimum Gasteiger partial charge on any atom is -0.369 e. The summed E-state index contributed by atoms with van der Waals surface area (Å²) in [6.45, 7) is 6.10. The first-order valence-corrected chi connectivity index (χ1v) is 9.78. The van der Waals surface area contributed by atoms with Gasteiger partial charge in [-0.15, -0.1) is 0 Å². The molecule has 0 saturated heterocycles. The molecule has 0 saturated carbocycles. The molecule has 3 N–H and O–H groups in total. The minimum atomic E-state index is 0.497. The second-order valence-electron chi connectivity index (χ2n) is 6.69. The Labute approximate surface area is 170 Å². The number of hydrogen-bond donors (Lipinski definition) is 3. The first-order chi connectivity index (χ1) is 13.6. The zero-order valence-corrected chi connectivity index (χ0v) is 16.9. The van der Waals surface area contributed by atoms with Gasteiger partial charge in [0, 0.05) is 41.3 Å². The summed E-state index contributed by atoms with van der Waals surface area (Å²) in [5.74, 6) is 1.33. The van der Waals surface area contributed by atoms with Gasteiger partial charge < -0.3 is 16.0 Å². The van der Waals surface area contributed by atoms with Crippen molar-refractivity contribution in [2.24, 2.45) is 0 Å². The molecule has 1 aromatic carbocycles. The van der Waals surface area contributed by atoms with E-state index in [4.69, 9.17) is 11.6 Å². The van der Waals surface area contributed by atoms with Crippen molar-refractivity contribution >= 4 is 29.1 Å². The fraction of sp³-hybridized carbons (Fsp3) is 0.286. The third-order valence-corrected chi connectivity index (χ3v) is 4.25. The average Bonchev–Trinajstić information content (AvgIpc) is 2.68. The maximum Gasteiger partial charge on any atom is 0.227 e. The van der Waals surface area contributed by atoms with Crippen molar-refractivity contribution in [2.75, 3.05) is 23.7 Å². The molecule has 146 valence electrons. The van der Waals surface area contributed by atoms with Crippen molar-refractivity contribution in [1.82, 2.24) is 20.3 Å². The third kappa shape index (κ3) is 5.90. The Bertz CT molecular complexity index is 899. The molecule has 0 aliphatic rings. The van der Waals surface area contributed by atoms with Gasteiger partial charge in [0.2, 0.25) is 5.95 Å². The van der Waals surface area contributed by atoms with Crippen LogP contribution in [0.1, 0.15) is 20.3 Å². The highest BCUT2D eigenvalue weighted by Crippen LogP contribution is 2.25. The maximum atomic E-state index is 6.05. The Hall–Kier alpha value is -2.70. The lowest BCUT2D eigenvalue weighted by atomic mass is 10.2. The lowest BCUT2D eigenvalue weighted by Gasteiger charge is -2.12. The van der Waals surface area contributed by atoms with Gasteiger partial charge in [0.05, 0.1) is 5.69 Å². The van der Waals surface area contributed by atoms with Crippen molar-refractivity contribution in [2.45, 2.75) is 26.3 Å². The SMILES string of the molecule is CC(C)NCCCNc1ncccc1-c1ccnc(Nc2cccc(Cl)c2)n1. The highest BCUT2D eigenvalue weighted by Gasteiger charge is 2.09. The molecule has 0 aliphatic carbocycles. The molecule has 0 bridgehead atoms. The van der Waals surface area contributed by atoms with E-state index < -0.39 is 0 Å². The fourth-order valence-electron chi connectivity index (χ4n) is 2.70. The van der Waals surface area contributed by atoms with Crippen LogP contribution in [0.4, 0.5) is 17.5 Å². The Morgan fingerprint density at radius 1 is 1.00 bits per heavy atom. The molecule has 0 spiro atoms. The average molecular weight is 397 g/mol. The van der Waals surface area contributed by atoms with E-state index in [9.17, 15) is 0 Å². The normalized spacial score (nSPS) is 10.9. The minimum absolute atomic E-state index is 0.497. The Morgan fingerprint density at radius 3 is 2.71 bits per heavy atom. The van der Waals surface area contributed by atoms with Crippen molar-refractivity contribution in [1.29, 1.82) is 0 Å². The first-order valence-electron chi connectivity index (χ1n) is 9.40. The number of aromatic nitrogens is 3. The van der Waals surface area contributed by atoms with Gasteiger partial charge in [-0.3, -0.25) is 0 Å². The van der Waals surface area contributed by atoms with Crippen molar-refractivity contribution in [3.63, 3.8) is 0 Å². The molecule has 0 amide bonds. The number of anilines is 3. The number of hydrogen-bond acceptors (Lipinski definition) is 6. The van der Waals surface area contributed by atoms with Crippen LogP contribution in [-0.4, -0.2) is 34.1 Å². The van der Waals surface area contributed by atoms with E-state index >= 15 is 0 Å². The van der Waals surface area contributed by atoms with Crippen LogP contribution in [-0.2, 0) is 0 Å². The summed E-state index contributed by atoms with van der Waals surface area (Å²) >= 11 is 6.05. The van der Waals surface area contributed by atoms with Crippen LogP contribution >= 0.6 is 11.6 Å². The third-order valence-electron chi connectivity index (χ3n) is 4.02. The van der Waals surface area contributed by atoms with Gasteiger partial charge in [0.15, 0.2) is 0 Å². The summed E-state index contributed by atoms with van der Waals surface area (Å²) in [6, 6.07) is 13.8. The zero-order chi connectivity index (χ0) is 19.8. The molecule has 0 atom stereocenters. The number of benzene rings is 1. The van der Waals surface area contributed by atoms with Gasteiger partial charge >= 0.3 is 0 Å². The lowest BCUT2D eigenvalue weighted by Crippen LogP contribution is -2.25. The van der Waals surface area contributed by atoms with Crippen molar-refractivity contribution in [3.8, 4) is 11.3 Å². The van der Waals surface area contributed by atoms with Crippen molar-refractivity contribution in [3.05, 3.63) is 59.9 Å². The number of nitrogens with zero attached hydrogens (tertiary/aromatic N) is 3. The first kappa shape index (κ1) is 20.0. The zero-order valence-electron chi connectivity index (χ0n) is 16.1. The predicted molar refractivity (Wildman–Crippen MR) is 116 cm³/mol. The van der Waals surface area contributed by atoms with Crippen LogP contribution in [0.15, 0.2) is 54.9 Å². The van der Waals surface area contributed by atoms with Gasteiger partial charge in [-0.25, -0.2) is 15.0 Å². The number of halogens is 1. The molecule has 2 aromatic heterocycles. The lowest BCUT2D eigenvalue weighted by molar-refractivity contribution is 0.578. The topological polar surface area (TPSA) is 74.8 Å². The van der Waals surface area contributed by atoms with Crippen LogP contribution in [0.3, 0.4) is 0 Å². The van der Waals surface area contributed by atoms with Crippen LogP contribution < -0.4 is 16.0 Å². The standard InChI is InChI=1S/C21H25ClN6/c1-15(2)23-11-5-12-25-20-18(8-4-10-24-20)19-9-13-26-21(28-19)27-17-7-3-6-16(22)14-17/h3-4,6-10,13-15,23H,5,11-12H2,1-2H3,(H,24,25)(H,26,27,28). The number of nitrogens with one attached hydrogen (secondary N) is 3. The van der Waals surface area contributed by atoms with Crippen LogP contribution in [0, 0.1) is 0 Å². The summed E-state index contributed by atoms with van der Waals surface area (Å²) in [4.78, 5) is 13.4. The molecule has 0 unspecified atom stereocenters. The molecular formula is C21H25ClN6. The molecule has 6 nitrogen and oxygen atoms in total. The van der Waals surface area contributed by atoms with E-state index in [0.717, 1.165) is 42.3 Å². The molecule has 3 aromatic rings. The second-order valence-corrected chi connectivity index (χ2v) is 7.13. The van der Waals surface area contributed by atoms with Gasteiger partial charge in [0.25, 0.3) is 0 Å². The molecule has 0 fully saturated rings. The second kappa shape index (κ2) is 10.0. The molecule has 2 heterocycles. The van der Waals surface area contributed by atoms with Crippen LogP contribution in [0.2, 0.25) is 5.02 Å². The van der Waals surface area contributed by atoms with Crippen molar-refractivity contribution < 1.29 is 0 Å². The van der Waals surface area contributed by atoms with Gasteiger partial charge in [-0.2, -0.15) is 0 Å². The summed E-state index contributed by atoms with van der Waals surface area (Å²) < 4.78 is 0. The molecule has 28 heavy (non-hydrogen) atoms. The molecule has 3 rings (SSSR count). The van der Waals surface area contributed by atoms with E-state index in [1.807, 2.05) is 42.5 Å². The van der Waals surface area contributed by atoms with E-state index in [2.05, 4.69) is 44.7 Å². The summed E-state index contributed by atoms with van der Waals surface area (Å²) in [7, 11) is 0. The fourth-order valence-corrected chi connectivity index (χ4v) is 2.89. The van der Waals surface area contributed by atoms with Crippen LogP contribution in [0.25, 0.3) is 11.3 Å². The molecule has 0 radical (unpaired) electrons. The summed E-state index contributed by atoms with van der Waals surface area (Å²) in [6.07, 6.45) is 4.53. The molecular weight excluding hydrogens is 372 g/mol. The van der Waals surface area contributed by atoms with E-state index in [-0.39, 0.29) is 0 Å². The quantitative estimate of drug-likeness (QED) is 0.454.